The van der Waals surface area contributed by atoms with Crippen LogP contribution < -0.4 is 4.74 Å². The van der Waals surface area contributed by atoms with E-state index < -0.39 is 30.3 Å². The third-order valence-corrected chi connectivity index (χ3v) is 4.00. The fraction of sp³-hybridized carbons (Fsp3) is 0.444. The van der Waals surface area contributed by atoms with E-state index >= 15 is 0 Å². The Bertz CT molecular complexity index is 731. The Hall–Kier alpha value is -2.90. The van der Waals surface area contributed by atoms with Crippen LogP contribution >= 0.6 is 0 Å². The summed E-state index contributed by atoms with van der Waals surface area (Å²) in [7, 11) is 3.10. The number of hydrogen-bond donors (Lipinski definition) is 0. The Balaban J connectivity index is 2.05. The van der Waals surface area contributed by atoms with Crippen LogP contribution in [0.3, 0.4) is 0 Å². The van der Waals surface area contributed by atoms with Gasteiger partial charge in [-0.1, -0.05) is 32.0 Å². The lowest BCUT2D eigenvalue weighted by molar-refractivity contribution is -0.144. The lowest BCUT2D eigenvalue weighted by Gasteiger charge is -2.21. The molecule has 1 saturated heterocycles. The first-order valence-electron chi connectivity index (χ1n) is 8.29. The number of benzene rings is 1. The Labute approximate surface area is 152 Å². The minimum absolute atomic E-state index is 0.0274. The Morgan fingerprint density at radius 1 is 1.12 bits per heavy atom. The Morgan fingerprint density at radius 3 is 2.35 bits per heavy atom. The summed E-state index contributed by atoms with van der Waals surface area (Å²) in [4.78, 5) is 51.7. The molecule has 0 aromatic heterocycles. The maximum Gasteiger partial charge on any atom is 0.334 e. The van der Waals surface area contributed by atoms with Crippen molar-refractivity contribution in [1.29, 1.82) is 0 Å². The van der Waals surface area contributed by atoms with E-state index in [9.17, 15) is 19.2 Å². The Kier molecular flexibility index (Phi) is 5.97. The van der Waals surface area contributed by atoms with Crippen LogP contribution in [0.2, 0.25) is 0 Å². The number of carbonyl (C=O) groups excluding carboxylic acids is 4. The highest BCUT2D eigenvalue weighted by atomic mass is 16.5. The summed E-state index contributed by atoms with van der Waals surface area (Å²) >= 11 is 0. The second-order valence-electron chi connectivity index (χ2n) is 6.55. The average Bonchev–Trinajstić information content (AvgIpc) is 2.79. The molecule has 2 rings (SSSR count). The van der Waals surface area contributed by atoms with Crippen molar-refractivity contribution in [2.24, 2.45) is 5.92 Å². The molecule has 0 atom stereocenters. The van der Waals surface area contributed by atoms with Gasteiger partial charge < -0.3 is 9.64 Å². The fourth-order valence-corrected chi connectivity index (χ4v) is 2.65. The van der Waals surface area contributed by atoms with Crippen LogP contribution in [0.5, 0.6) is 5.75 Å². The van der Waals surface area contributed by atoms with E-state index in [-0.39, 0.29) is 19.0 Å². The second-order valence-corrected chi connectivity index (χ2v) is 6.55. The third kappa shape index (κ3) is 4.01. The number of hydrogen-bond acceptors (Lipinski definition) is 5. The molecule has 1 aromatic carbocycles. The van der Waals surface area contributed by atoms with E-state index in [0.29, 0.717) is 10.6 Å². The van der Waals surface area contributed by atoms with E-state index in [2.05, 4.69) is 0 Å². The van der Waals surface area contributed by atoms with E-state index in [4.69, 9.17) is 4.74 Å². The number of likely N-dealkylation sites (N-methyl/N-ethyl adjacent to an activating group) is 1. The zero-order valence-corrected chi connectivity index (χ0v) is 15.4. The van der Waals surface area contributed by atoms with Crippen molar-refractivity contribution >= 4 is 23.8 Å². The molecule has 0 N–H and O–H groups in total. The van der Waals surface area contributed by atoms with Gasteiger partial charge in [0.05, 0.1) is 7.11 Å². The highest BCUT2D eigenvalue weighted by Crippen LogP contribution is 2.19. The van der Waals surface area contributed by atoms with Crippen molar-refractivity contribution in [3.05, 3.63) is 29.8 Å². The van der Waals surface area contributed by atoms with Crippen LogP contribution in [-0.2, 0) is 20.9 Å². The van der Waals surface area contributed by atoms with Crippen molar-refractivity contribution in [3.63, 3.8) is 0 Å². The van der Waals surface area contributed by atoms with Gasteiger partial charge in [-0.3, -0.25) is 19.3 Å². The first kappa shape index (κ1) is 19.4. The summed E-state index contributed by atoms with van der Waals surface area (Å²) in [5.74, 6) is -1.63. The van der Waals surface area contributed by atoms with Gasteiger partial charge in [0, 0.05) is 25.7 Å². The summed E-state index contributed by atoms with van der Waals surface area (Å²) in [5.41, 5.74) is 0.794. The van der Waals surface area contributed by atoms with E-state index in [1.54, 1.807) is 13.1 Å². The SMILES string of the molecule is COc1ccccc1CN(C)C(=O)CN1C(=O)C(=O)N(CC(C)C)C1=O. The first-order chi connectivity index (χ1) is 12.3. The third-order valence-electron chi connectivity index (χ3n) is 4.00. The zero-order chi connectivity index (χ0) is 19.4. The highest BCUT2D eigenvalue weighted by molar-refractivity contribution is 6.45. The summed E-state index contributed by atoms with van der Waals surface area (Å²) in [6, 6.07) is 6.51. The molecule has 1 aliphatic heterocycles. The van der Waals surface area contributed by atoms with Gasteiger partial charge in [0.25, 0.3) is 0 Å². The number of imide groups is 2. The van der Waals surface area contributed by atoms with Crippen LogP contribution in [0.25, 0.3) is 0 Å². The number of ether oxygens (including phenoxy) is 1. The quantitative estimate of drug-likeness (QED) is 0.536. The summed E-state index contributed by atoms with van der Waals surface area (Å²) < 4.78 is 5.25. The molecule has 1 heterocycles. The molecular weight excluding hydrogens is 338 g/mol. The van der Waals surface area contributed by atoms with Crippen molar-refractivity contribution < 1.29 is 23.9 Å². The van der Waals surface area contributed by atoms with E-state index in [1.165, 1.54) is 12.0 Å². The summed E-state index contributed by atoms with van der Waals surface area (Å²) in [6.07, 6.45) is 0. The molecule has 140 valence electrons. The molecule has 0 unspecified atom stereocenters. The molecule has 0 saturated carbocycles. The minimum atomic E-state index is -0.963. The van der Waals surface area contributed by atoms with Crippen LogP contribution in [0, 0.1) is 5.92 Å². The fourth-order valence-electron chi connectivity index (χ4n) is 2.65. The molecule has 0 radical (unpaired) electrons. The van der Waals surface area contributed by atoms with Crippen molar-refractivity contribution in [1.82, 2.24) is 14.7 Å². The molecule has 1 aromatic rings. The van der Waals surface area contributed by atoms with Crippen LogP contribution in [-0.4, -0.2) is 65.7 Å². The largest absolute Gasteiger partial charge is 0.496 e. The molecule has 26 heavy (non-hydrogen) atoms. The summed E-state index contributed by atoms with van der Waals surface area (Å²) in [6.45, 7) is 3.59. The van der Waals surface area contributed by atoms with Gasteiger partial charge in [0.2, 0.25) is 5.91 Å². The van der Waals surface area contributed by atoms with Crippen LogP contribution in [0.1, 0.15) is 19.4 Å². The molecule has 8 nitrogen and oxygen atoms in total. The maximum atomic E-state index is 12.4. The molecule has 8 heteroatoms. The van der Waals surface area contributed by atoms with Gasteiger partial charge >= 0.3 is 17.8 Å². The van der Waals surface area contributed by atoms with E-state index in [0.717, 1.165) is 10.5 Å². The number of nitrogens with zero attached hydrogens (tertiary/aromatic N) is 3. The van der Waals surface area contributed by atoms with Gasteiger partial charge in [0.1, 0.15) is 12.3 Å². The molecule has 1 aliphatic rings. The summed E-state index contributed by atoms with van der Waals surface area (Å²) in [5, 5.41) is 0. The maximum absolute atomic E-state index is 12.4. The number of amides is 5. The molecule has 0 spiro atoms. The minimum Gasteiger partial charge on any atom is -0.496 e. The molecule has 0 bridgehead atoms. The number of methoxy groups -OCH3 is 1. The Morgan fingerprint density at radius 2 is 1.73 bits per heavy atom. The van der Waals surface area contributed by atoms with Crippen molar-refractivity contribution in [2.75, 3.05) is 27.2 Å². The predicted molar refractivity (Wildman–Crippen MR) is 93.1 cm³/mol. The monoisotopic (exact) mass is 361 g/mol. The van der Waals surface area contributed by atoms with Gasteiger partial charge in [-0.05, 0) is 12.0 Å². The predicted octanol–water partition coefficient (Wildman–Crippen LogP) is 1.10. The first-order valence-corrected chi connectivity index (χ1v) is 8.29. The molecule has 0 aliphatic carbocycles. The van der Waals surface area contributed by atoms with Gasteiger partial charge in [0.15, 0.2) is 0 Å². The molecule has 1 fully saturated rings. The van der Waals surface area contributed by atoms with Gasteiger partial charge in [-0.15, -0.1) is 0 Å². The molecular formula is C18H23N3O5. The number of rotatable bonds is 7. The number of urea groups is 1. The average molecular weight is 361 g/mol. The van der Waals surface area contributed by atoms with Crippen molar-refractivity contribution in [3.8, 4) is 5.75 Å². The van der Waals surface area contributed by atoms with E-state index in [1.807, 2.05) is 32.0 Å². The highest BCUT2D eigenvalue weighted by Gasteiger charge is 2.45. The lowest BCUT2D eigenvalue weighted by atomic mass is 10.2. The van der Waals surface area contributed by atoms with Crippen molar-refractivity contribution in [2.45, 2.75) is 20.4 Å². The zero-order valence-electron chi connectivity index (χ0n) is 15.4. The smallest absolute Gasteiger partial charge is 0.334 e. The van der Waals surface area contributed by atoms with Gasteiger partial charge in [-0.2, -0.15) is 0 Å². The number of carbonyl (C=O) groups is 4. The number of para-hydroxylation sites is 1. The topological polar surface area (TPSA) is 87.2 Å². The van der Waals surface area contributed by atoms with Crippen LogP contribution in [0.15, 0.2) is 24.3 Å². The van der Waals surface area contributed by atoms with Gasteiger partial charge in [-0.25, -0.2) is 9.69 Å². The standard InChI is InChI=1S/C18H23N3O5/c1-12(2)9-20-16(23)17(24)21(18(20)25)11-15(22)19(3)10-13-7-5-6-8-14(13)26-4/h5-8,12H,9-11H2,1-4H3. The molecule has 5 amide bonds. The second kappa shape index (κ2) is 7.99. The lowest BCUT2D eigenvalue weighted by Crippen LogP contribution is -2.42. The normalized spacial score (nSPS) is 14.4. The van der Waals surface area contributed by atoms with Crippen LogP contribution in [0.4, 0.5) is 4.79 Å².